The van der Waals surface area contributed by atoms with Crippen molar-refractivity contribution in [1.29, 1.82) is 0 Å². The molecule has 0 aromatic heterocycles. The molecule has 0 heterocycles. The number of alkyl halides is 1. The summed E-state index contributed by atoms with van der Waals surface area (Å²) in [5, 5.41) is 0. The highest BCUT2D eigenvalue weighted by molar-refractivity contribution is 5.85. The highest BCUT2D eigenvalue weighted by atomic mass is 35.5. The number of methoxy groups -OCH3 is 2. The molecule has 0 spiro atoms. The smallest absolute Gasteiger partial charge is 0.203 e. The van der Waals surface area contributed by atoms with Crippen molar-refractivity contribution >= 4 is 12.4 Å². The summed E-state index contributed by atoms with van der Waals surface area (Å²) in [7, 11) is 3.06. The molecule has 1 aromatic carbocycles. The Morgan fingerprint density at radius 3 is 2.11 bits per heavy atom. The van der Waals surface area contributed by atoms with Crippen LogP contribution in [-0.2, 0) is 6.42 Å². The standard InChI is InChI=1S/C12H18FNO3.ClH/c1-15-10-7-9(3-5-14)8-11(16-2)12(10)17-6-4-13;/h7-8H,3-6,14H2,1-2H3;1H. The lowest BCUT2D eigenvalue weighted by molar-refractivity contribution is 0.247. The Morgan fingerprint density at radius 2 is 1.72 bits per heavy atom. The summed E-state index contributed by atoms with van der Waals surface area (Å²) in [6.07, 6.45) is 0.718. The zero-order chi connectivity index (χ0) is 12.7. The van der Waals surface area contributed by atoms with E-state index in [1.165, 1.54) is 14.2 Å². The van der Waals surface area contributed by atoms with Crippen molar-refractivity contribution in [3.05, 3.63) is 17.7 Å². The van der Waals surface area contributed by atoms with Crippen LogP contribution in [-0.4, -0.2) is 34.0 Å². The van der Waals surface area contributed by atoms with Gasteiger partial charge in [-0.1, -0.05) is 0 Å². The van der Waals surface area contributed by atoms with Crippen LogP contribution in [0.3, 0.4) is 0 Å². The van der Waals surface area contributed by atoms with Gasteiger partial charge in [0, 0.05) is 0 Å². The number of hydrogen-bond donors (Lipinski definition) is 1. The normalized spacial score (nSPS) is 9.56. The van der Waals surface area contributed by atoms with Gasteiger partial charge >= 0.3 is 0 Å². The first-order chi connectivity index (χ1) is 8.26. The van der Waals surface area contributed by atoms with Crippen LogP contribution >= 0.6 is 12.4 Å². The maximum absolute atomic E-state index is 12.1. The van der Waals surface area contributed by atoms with Crippen molar-refractivity contribution < 1.29 is 18.6 Å². The molecule has 6 heteroatoms. The van der Waals surface area contributed by atoms with Crippen molar-refractivity contribution in [3.63, 3.8) is 0 Å². The number of halogens is 2. The Bertz CT molecular complexity index is 338. The van der Waals surface area contributed by atoms with Crippen LogP contribution in [0.5, 0.6) is 17.2 Å². The Morgan fingerprint density at radius 1 is 1.17 bits per heavy atom. The first-order valence-electron chi connectivity index (χ1n) is 5.40. The van der Waals surface area contributed by atoms with Gasteiger partial charge < -0.3 is 19.9 Å². The molecule has 0 unspecified atom stereocenters. The van der Waals surface area contributed by atoms with E-state index in [1.807, 2.05) is 12.1 Å². The van der Waals surface area contributed by atoms with Crippen LogP contribution in [0.2, 0.25) is 0 Å². The number of rotatable bonds is 7. The zero-order valence-electron chi connectivity index (χ0n) is 10.6. The van der Waals surface area contributed by atoms with Gasteiger partial charge in [0.1, 0.15) is 13.3 Å². The molecule has 0 amide bonds. The summed E-state index contributed by atoms with van der Waals surface area (Å²) < 4.78 is 27.8. The van der Waals surface area contributed by atoms with E-state index in [9.17, 15) is 4.39 Å². The van der Waals surface area contributed by atoms with Crippen LogP contribution in [0, 0.1) is 0 Å². The summed E-state index contributed by atoms with van der Waals surface area (Å²) >= 11 is 0. The first-order valence-corrected chi connectivity index (χ1v) is 5.40. The molecule has 0 aliphatic heterocycles. The Labute approximate surface area is 113 Å². The molecule has 0 atom stereocenters. The fourth-order valence-electron chi connectivity index (χ4n) is 1.53. The van der Waals surface area contributed by atoms with Gasteiger partial charge in [-0.3, -0.25) is 0 Å². The van der Waals surface area contributed by atoms with E-state index in [0.29, 0.717) is 23.8 Å². The number of benzene rings is 1. The third kappa shape index (κ3) is 4.23. The minimum absolute atomic E-state index is 0. The van der Waals surface area contributed by atoms with Crippen molar-refractivity contribution in [3.8, 4) is 17.2 Å². The number of ether oxygens (including phenoxy) is 3. The van der Waals surface area contributed by atoms with Gasteiger partial charge in [-0.05, 0) is 30.7 Å². The second-order valence-corrected chi connectivity index (χ2v) is 3.41. The fraction of sp³-hybridized carbons (Fsp3) is 0.500. The molecule has 4 nitrogen and oxygen atoms in total. The van der Waals surface area contributed by atoms with Gasteiger partial charge in [0.05, 0.1) is 14.2 Å². The maximum atomic E-state index is 12.1. The molecule has 2 N–H and O–H groups in total. The summed E-state index contributed by atoms with van der Waals surface area (Å²) in [5.41, 5.74) is 6.49. The van der Waals surface area contributed by atoms with Gasteiger partial charge in [0.2, 0.25) is 5.75 Å². The highest BCUT2D eigenvalue weighted by Crippen LogP contribution is 2.38. The van der Waals surface area contributed by atoms with Gasteiger partial charge in [0.15, 0.2) is 11.5 Å². The lowest BCUT2D eigenvalue weighted by Gasteiger charge is -2.15. The minimum Gasteiger partial charge on any atom is -0.493 e. The van der Waals surface area contributed by atoms with Gasteiger partial charge in [-0.25, -0.2) is 4.39 Å². The Kier molecular flexibility index (Phi) is 8.24. The fourth-order valence-corrected chi connectivity index (χ4v) is 1.53. The van der Waals surface area contributed by atoms with Crippen LogP contribution in [0.4, 0.5) is 4.39 Å². The summed E-state index contributed by atoms with van der Waals surface area (Å²) in [6, 6.07) is 3.64. The predicted octanol–water partition coefficient (Wildman–Crippen LogP) is 1.98. The zero-order valence-corrected chi connectivity index (χ0v) is 11.4. The largest absolute Gasteiger partial charge is 0.493 e. The third-order valence-corrected chi connectivity index (χ3v) is 2.28. The van der Waals surface area contributed by atoms with E-state index in [0.717, 1.165) is 12.0 Å². The van der Waals surface area contributed by atoms with Gasteiger partial charge in [0.25, 0.3) is 0 Å². The highest BCUT2D eigenvalue weighted by Gasteiger charge is 2.13. The predicted molar refractivity (Wildman–Crippen MR) is 71.0 cm³/mol. The number of hydrogen-bond acceptors (Lipinski definition) is 4. The summed E-state index contributed by atoms with van der Waals surface area (Å²) in [6.45, 7) is -0.0448. The molecular weight excluding hydrogens is 261 g/mol. The van der Waals surface area contributed by atoms with E-state index in [2.05, 4.69) is 0 Å². The second kappa shape index (κ2) is 8.83. The van der Waals surface area contributed by atoms with Crippen molar-refractivity contribution in [1.82, 2.24) is 0 Å². The Hall–Kier alpha value is -1.20. The maximum Gasteiger partial charge on any atom is 0.203 e. The van der Waals surface area contributed by atoms with Crippen molar-refractivity contribution in [2.24, 2.45) is 5.73 Å². The first kappa shape index (κ1) is 16.8. The third-order valence-electron chi connectivity index (χ3n) is 2.28. The van der Waals surface area contributed by atoms with Crippen LogP contribution in [0.15, 0.2) is 12.1 Å². The second-order valence-electron chi connectivity index (χ2n) is 3.41. The molecule has 104 valence electrons. The van der Waals surface area contributed by atoms with Crippen molar-refractivity contribution in [2.75, 3.05) is 34.0 Å². The molecule has 0 aliphatic carbocycles. The van der Waals surface area contributed by atoms with Gasteiger partial charge in [-0.2, -0.15) is 0 Å². The summed E-state index contributed by atoms with van der Waals surface area (Å²) in [5.74, 6) is 1.48. The minimum atomic E-state index is -0.559. The molecule has 0 radical (unpaired) electrons. The lowest BCUT2D eigenvalue weighted by atomic mass is 10.1. The molecule has 0 bridgehead atoms. The van der Waals surface area contributed by atoms with Crippen molar-refractivity contribution in [2.45, 2.75) is 6.42 Å². The molecular formula is C12H19ClFNO3. The molecule has 18 heavy (non-hydrogen) atoms. The molecule has 1 aromatic rings. The molecule has 1 rings (SSSR count). The van der Waals surface area contributed by atoms with E-state index in [1.54, 1.807) is 0 Å². The molecule has 0 saturated heterocycles. The quantitative estimate of drug-likeness (QED) is 0.829. The Balaban J connectivity index is 0.00000289. The van der Waals surface area contributed by atoms with Crippen LogP contribution < -0.4 is 19.9 Å². The van der Waals surface area contributed by atoms with Gasteiger partial charge in [-0.15, -0.1) is 12.4 Å². The van der Waals surface area contributed by atoms with E-state index in [-0.39, 0.29) is 19.0 Å². The molecule has 0 saturated carbocycles. The van der Waals surface area contributed by atoms with E-state index < -0.39 is 6.67 Å². The van der Waals surface area contributed by atoms with Crippen LogP contribution in [0.1, 0.15) is 5.56 Å². The average molecular weight is 280 g/mol. The lowest BCUT2D eigenvalue weighted by Crippen LogP contribution is -2.06. The molecule has 0 aliphatic rings. The number of nitrogens with two attached hydrogens (primary N) is 1. The SMILES string of the molecule is COc1cc(CCN)cc(OC)c1OCCF.Cl. The monoisotopic (exact) mass is 279 g/mol. The molecule has 0 fully saturated rings. The van der Waals surface area contributed by atoms with Crippen LogP contribution in [0.25, 0.3) is 0 Å². The summed E-state index contributed by atoms with van der Waals surface area (Å²) in [4.78, 5) is 0. The van der Waals surface area contributed by atoms with E-state index in [4.69, 9.17) is 19.9 Å². The van der Waals surface area contributed by atoms with E-state index >= 15 is 0 Å². The topological polar surface area (TPSA) is 53.7 Å². The average Bonchev–Trinajstić information content (AvgIpc) is 2.36.